The van der Waals surface area contributed by atoms with Gasteiger partial charge in [-0.2, -0.15) is 0 Å². The van der Waals surface area contributed by atoms with Gasteiger partial charge in [-0.15, -0.1) is 0 Å². The maximum Gasteiger partial charge on any atom is 0.439 e. The molecule has 2 aromatic carbocycles. The lowest BCUT2D eigenvalue weighted by Crippen LogP contribution is -2.26. The fraction of sp³-hybridized carbons (Fsp3) is 0.261. The summed E-state index contributed by atoms with van der Waals surface area (Å²) < 4.78 is 6.31. The van der Waals surface area contributed by atoms with E-state index in [0.717, 1.165) is 37.9 Å². The largest absolute Gasteiger partial charge is 0.439 e. The smallest absolute Gasteiger partial charge is 0.322 e. The molecule has 32 heavy (non-hydrogen) atoms. The van der Waals surface area contributed by atoms with Crippen LogP contribution in [-0.2, 0) is 13.0 Å². The minimum Gasteiger partial charge on any atom is -0.322 e. The number of carbonyl (C=O) groups excluding carboxylic acids is 1. The molecule has 0 radical (unpaired) electrons. The number of hydrogen-bond acceptors (Lipinski definition) is 6. The molecule has 1 aliphatic rings. The van der Waals surface area contributed by atoms with Crippen molar-refractivity contribution in [3.05, 3.63) is 74.8 Å². The number of anilines is 1. The van der Waals surface area contributed by atoms with Crippen molar-refractivity contribution in [3.63, 3.8) is 0 Å². The molecule has 9 nitrogen and oxygen atoms in total. The van der Waals surface area contributed by atoms with Crippen LogP contribution in [0.15, 0.2) is 56.6 Å². The van der Waals surface area contributed by atoms with Crippen molar-refractivity contribution < 1.29 is 9.32 Å². The van der Waals surface area contributed by atoms with Crippen LogP contribution >= 0.6 is 0 Å². The summed E-state index contributed by atoms with van der Waals surface area (Å²) in [5, 5.41) is 7.01. The third-order valence-corrected chi connectivity index (χ3v) is 5.66. The summed E-state index contributed by atoms with van der Waals surface area (Å²) in [6.45, 7) is 0.687. The normalized spacial score (nSPS) is 13.9. The number of aromatic amines is 1. The zero-order valence-corrected chi connectivity index (χ0v) is 17.3. The predicted molar refractivity (Wildman–Crippen MR) is 119 cm³/mol. The number of rotatable bonds is 3. The number of aromatic nitrogens is 4. The van der Waals surface area contributed by atoms with E-state index in [1.54, 1.807) is 47.0 Å². The summed E-state index contributed by atoms with van der Waals surface area (Å²) in [7, 11) is 0. The molecule has 0 spiro atoms. The van der Waals surface area contributed by atoms with Gasteiger partial charge in [0.25, 0.3) is 11.5 Å². The van der Waals surface area contributed by atoms with E-state index in [1.807, 2.05) is 0 Å². The standard InChI is InChI=1S/C23H21N5O4/c29-21(24-16-7-5-6-14(12-16)20-26-23(31)32-27-20)15-9-10-17-18(13-15)25-19-8-3-1-2-4-11-28(19)22(17)30/h5-7,9-10,12-13H,1-4,8,11H2,(H,24,29)(H,26,27,31). The molecule has 5 rings (SSSR count). The third kappa shape index (κ3) is 3.84. The van der Waals surface area contributed by atoms with Gasteiger partial charge in [0.2, 0.25) is 0 Å². The van der Waals surface area contributed by atoms with E-state index in [9.17, 15) is 14.4 Å². The van der Waals surface area contributed by atoms with Crippen LogP contribution in [0.25, 0.3) is 22.3 Å². The molecular formula is C23H21N5O4. The molecule has 0 aliphatic carbocycles. The molecule has 1 aliphatic heterocycles. The van der Waals surface area contributed by atoms with Crippen LogP contribution in [0.5, 0.6) is 0 Å². The number of nitrogens with one attached hydrogen (secondary N) is 2. The van der Waals surface area contributed by atoms with Crippen LogP contribution in [0.4, 0.5) is 5.69 Å². The lowest BCUT2D eigenvalue weighted by molar-refractivity contribution is 0.102. The average Bonchev–Trinajstić information content (AvgIpc) is 3.21. The van der Waals surface area contributed by atoms with E-state index < -0.39 is 5.76 Å². The minimum absolute atomic E-state index is 0.0480. The van der Waals surface area contributed by atoms with Gasteiger partial charge in [-0.1, -0.05) is 30.1 Å². The summed E-state index contributed by atoms with van der Waals surface area (Å²) >= 11 is 0. The molecule has 162 valence electrons. The number of carbonyl (C=O) groups is 1. The summed E-state index contributed by atoms with van der Waals surface area (Å²) in [5.74, 6) is 0.0842. The first-order chi connectivity index (χ1) is 15.6. The van der Waals surface area contributed by atoms with Gasteiger partial charge in [0, 0.05) is 29.8 Å². The average molecular weight is 431 g/mol. The first-order valence-corrected chi connectivity index (χ1v) is 10.6. The highest BCUT2D eigenvalue weighted by Crippen LogP contribution is 2.20. The number of nitrogens with zero attached hydrogens (tertiary/aromatic N) is 3. The maximum atomic E-state index is 13.0. The minimum atomic E-state index is -0.650. The molecule has 4 aromatic rings. The molecule has 1 amide bonds. The summed E-state index contributed by atoms with van der Waals surface area (Å²) in [6, 6.07) is 11.8. The fourth-order valence-corrected chi connectivity index (χ4v) is 4.04. The Morgan fingerprint density at radius 3 is 2.78 bits per heavy atom. The Bertz CT molecular complexity index is 1430. The van der Waals surface area contributed by atoms with E-state index in [1.165, 1.54) is 0 Å². The van der Waals surface area contributed by atoms with Crippen LogP contribution in [-0.4, -0.2) is 25.6 Å². The summed E-state index contributed by atoms with van der Waals surface area (Å²) in [5.41, 5.74) is 2.01. The number of aryl methyl sites for hydroxylation is 1. The number of hydrogen-bond donors (Lipinski definition) is 2. The van der Waals surface area contributed by atoms with E-state index in [4.69, 9.17) is 4.98 Å². The van der Waals surface area contributed by atoms with Crippen LogP contribution in [0.1, 0.15) is 41.9 Å². The molecular weight excluding hydrogens is 410 g/mol. The van der Waals surface area contributed by atoms with E-state index in [0.29, 0.717) is 34.3 Å². The van der Waals surface area contributed by atoms with Crippen LogP contribution < -0.4 is 16.6 Å². The molecule has 3 heterocycles. The maximum absolute atomic E-state index is 13.0. The number of fused-ring (bicyclic) bond motifs is 2. The second-order valence-corrected chi connectivity index (χ2v) is 7.86. The van der Waals surface area contributed by atoms with Crippen LogP contribution in [0, 0.1) is 0 Å². The monoisotopic (exact) mass is 431 g/mol. The van der Waals surface area contributed by atoms with E-state index in [2.05, 4.69) is 20.0 Å². The number of benzene rings is 2. The Morgan fingerprint density at radius 2 is 1.94 bits per heavy atom. The highest BCUT2D eigenvalue weighted by Gasteiger charge is 2.15. The van der Waals surface area contributed by atoms with Crippen LogP contribution in [0.3, 0.4) is 0 Å². The lowest BCUT2D eigenvalue weighted by atomic mass is 10.1. The molecule has 0 bridgehead atoms. The first-order valence-electron chi connectivity index (χ1n) is 10.6. The molecule has 0 unspecified atom stereocenters. The van der Waals surface area contributed by atoms with Crippen molar-refractivity contribution in [1.29, 1.82) is 0 Å². The molecule has 0 atom stereocenters. The van der Waals surface area contributed by atoms with Crippen molar-refractivity contribution in [2.75, 3.05) is 5.32 Å². The zero-order valence-electron chi connectivity index (χ0n) is 17.3. The fourth-order valence-electron chi connectivity index (χ4n) is 4.04. The summed E-state index contributed by atoms with van der Waals surface area (Å²) in [4.78, 5) is 44.2. The molecule has 0 fully saturated rings. The van der Waals surface area contributed by atoms with Gasteiger partial charge in [-0.05, 0) is 43.2 Å². The molecule has 2 aromatic heterocycles. The Kier molecular flexibility index (Phi) is 5.14. The Balaban J connectivity index is 1.44. The quantitative estimate of drug-likeness (QED) is 0.514. The lowest BCUT2D eigenvalue weighted by Gasteiger charge is -2.16. The van der Waals surface area contributed by atoms with Crippen molar-refractivity contribution in [2.45, 2.75) is 38.6 Å². The van der Waals surface area contributed by atoms with Gasteiger partial charge in [0.05, 0.1) is 10.9 Å². The number of amides is 1. The SMILES string of the molecule is O=C(Nc1cccc(-c2noc(=O)[nH]2)c1)c1ccc2c(=O)n3c(nc2c1)CCCCCC3. The zero-order chi connectivity index (χ0) is 22.1. The van der Waals surface area contributed by atoms with Gasteiger partial charge in [-0.25, -0.2) is 9.78 Å². The molecule has 0 saturated carbocycles. The molecule has 9 heteroatoms. The topological polar surface area (TPSA) is 123 Å². The predicted octanol–water partition coefficient (Wildman–Crippen LogP) is 3.11. The highest BCUT2D eigenvalue weighted by molar-refractivity contribution is 6.06. The molecule has 0 saturated heterocycles. The van der Waals surface area contributed by atoms with Crippen molar-refractivity contribution in [3.8, 4) is 11.4 Å². The Morgan fingerprint density at radius 1 is 1.06 bits per heavy atom. The van der Waals surface area contributed by atoms with E-state index >= 15 is 0 Å². The summed E-state index contributed by atoms with van der Waals surface area (Å²) in [6.07, 6.45) is 5.00. The molecule has 2 N–H and O–H groups in total. The van der Waals surface area contributed by atoms with Crippen molar-refractivity contribution >= 4 is 22.5 Å². The Hall–Kier alpha value is -4.01. The second kappa shape index (κ2) is 8.26. The highest BCUT2D eigenvalue weighted by atomic mass is 16.5. The van der Waals surface area contributed by atoms with Crippen molar-refractivity contribution in [1.82, 2.24) is 19.7 Å². The van der Waals surface area contributed by atoms with Gasteiger partial charge in [-0.3, -0.25) is 23.7 Å². The Labute approximate surface area is 182 Å². The first kappa shape index (κ1) is 19.9. The second-order valence-electron chi connectivity index (χ2n) is 7.86. The number of H-pyrrole nitrogens is 1. The van der Waals surface area contributed by atoms with Gasteiger partial charge in [0.1, 0.15) is 5.82 Å². The van der Waals surface area contributed by atoms with Crippen LogP contribution in [0.2, 0.25) is 0 Å². The van der Waals surface area contributed by atoms with Gasteiger partial charge in [0.15, 0.2) is 5.82 Å². The van der Waals surface area contributed by atoms with Gasteiger partial charge >= 0.3 is 5.76 Å². The van der Waals surface area contributed by atoms with Gasteiger partial charge < -0.3 is 5.32 Å². The van der Waals surface area contributed by atoms with Crippen molar-refractivity contribution in [2.24, 2.45) is 0 Å². The van der Waals surface area contributed by atoms with E-state index in [-0.39, 0.29) is 17.3 Å². The third-order valence-electron chi connectivity index (χ3n) is 5.66.